The van der Waals surface area contributed by atoms with Gasteiger partial charge in [0.25, 0.3) is 0 Å². The summed E-state index contributed by atoms with van der Waals surface area (Å²) in [6.45, 7) is 3.63. The number of nitrogens with one attached hydrogen (secondary N) is 1. The highest BCUT2D eigenvalue weighted by atomic mass is 79.9. The van der Waals surface area contributed by atoms with Gasteiger partial charge in [-0.1, -0.05) is 52.3 Å². The molecule has 3 nitrogen and oxygen atoms in total. The molecule has 2 aromatic rings. The van der Waals surface area contributed by atoms with Crippen LogP contribution < -0.4 is 10.4 Å². The maximum absolute atomic E-state index is 11.6. The number of nitrogens with zero attached hydrogens (tertiary/aromatic N) is 1. The number of halogens is 1. The molecule has 0 saturated heterocycles. The Balaban J connectivity index is 2.08. The van der Waals surface area contributed by atoms with E-state index in [4.69, 9.17) is 0 Å². The molecule has 0 aliphatic carbocycles. The van der Waals surface area contributed by atoms with Crippen molar-refractivity contribution in [2.24, 2.45) is 0 Å². The van der Waals surface area contributed by atoms with Gasteiger partial charge in [-0.25, -0.2) is 0 Å². The molecule has 0 spiro atoms. The summed E-state index contributed by atoms with van der Waals surface area (Å²) >= 11 is 3.62. The molecule has 1 heterocycles. The number of para-hydroxylation sites is 1. The quantitative estimate of drug-likeness (QED) is 0.895. The number of anilines is 1. The first-order valence-corrected chi connectivity index (χ1v) is 7.76. The van der Waals surface area contributed by atoms with Crippen LogP contribution in [0.1, 0.15) is 29.7 Å². The minimum Gasteiger partial charge on any atom is -0.277 e. The lowest BCUT2D eigenvalue weighted by Crippen LogP contribution is -2.42. The third-order valence-corrected chi connectivity index (χ3v) is 4.55. The van der Waals surface area contributed by atoms with Crippen molar-refractivity contribution < 1.29 is 4.79 Å². The van der Waals surface area contributed by atoms with E-state index >= 15 is 0 Å². The van der Waals surface area contributed by atoms with Gasteiger partial charge in [-0.3, -0.25) is 15.2 Å². The molecule has 1 N–H and O–H groups in total. The van der Waals surface area contributed by atoms with Crippen LogP contribution in [-0.4, -0.2) is 5.91 Å². The van der Waals surface area contributed by atoms with Crippen molar-refractivity contribution in [3.05, 3.63) is 63.6 Å². The lowest BCUT2D eigenvalue weighted by atomic mass is 10.0. The molecule has 1 atom stereocenters. The van der Waals surface area contributed by atoms with Gasteiger partial charge in [0, 0.05) is 17.8 Å². The summed E-state index contributed by atoms with van der Waals surface area (Å²) in [5, 5.41) is 2.01. The van der Waals surface area contributed by atoms with Crippen molar-refractivity contribution in [1.29, 1.82) is 0 Å². The second kappa shape index (κ2) is 5.53. The van der Waals surface area contributed by atoms with Crippen molar-refractivity contribution in [1.82, 2.24) is 5.43 Å². The average Bonchev–Trinajstić information content (AvgIpc) is 2.78. The van der Waals surface area contributed by atoms with E-state index in [1.807, 2.05) is 23.2 Å². The molecule has 4 heteroatoms. The van der Waals surface area contributed by atoms with E-state index in [2.05, 4.69) is 52.5 Å². The Kier molecular flexibility index (Phi) is 3.72. The summed E-state index contributed by atoms with van der Waals surface area (Å²) in [6, 6.07) is 14.6. The topological polar surface area (TPSA) is 32.3 Å². The number of aryl methyl sites for hydroxylation is 1. The van der Waals surface area contributed by atoms with E-state index in [0.717, 1.165) is 16.6 Å². The fraction of sp³-hybridized carbons (Fsp3) is 0.235. The molecule has 0 saturated carbocycles. The van der Waals surface area contributed by atoms with E-state index in [1.54, 1.807) is 6.92 Å². The Morgan fingerprint density at radius 1 is 1.24 bits per heavy atom. The molecule has 21 heavy (non-hydrogen) atoms. The van der Waals surface area contributed by atoms with Gasteiger partial charge in [0.1, 0.15) is 0 Å². The van der Waals surface area contributed by atoms with E-state index in [0.29, 0.717) is 0 Å². The average molecular weight is 345 g/mol. The zero-order valence-electron chi connectivity index (χ0n) is 12.1. The van der Waals surface area contributed by atoms with Crippen molar-refractivity contribution in [3.63, 3.8) is 0 Å². The molecular weight excluding hydrogens is 328 g/mol. The highest BCUT2D eigenvalue weighted by molar-refractivity contribution is 9.10. The number of benzene rings is 2. The number of carbonyl (C=O) groups excluding carboxylic acids is 1. The normalized spacial score (nSPS) is 16.7. The van der Waals surface area contributed by atoms with Crippen LogP contribution in [0.3, 0.4) is 0 Å². The van der Waals surface area contributed by atoms with E-state index in [-0.39, 0.29) is 11.9 Å². The zero-order chi connectivity index (χ0) is 15.0. The Labute approximate surface area is 133 Å². The number of hydrazine groups is 1. The van der Waals surface area contributed by atoms with Gasteiger partial charge in [0.15, 0.2) is 0 Å². The summed E-state index contributed by atoms with van der Waals surface area (Å²) in [7, 11) is 0. The van der Waals surface area contributed by atoms with Crippen LogP contribution >= 0.6 is 15.9 Å². The van der Waals surface area contributed by atoms with Crippen LogP contribution in [0.4, 0.5) is 5.69 Å². The Bertz CT molecular complexity index is 699. The maximum atomic E-state index is 11.6. The third-order valence-electron chi connectivity index (χ3n) is 3.83. The largest absolute Gasteiger partial charge is 0.277 e. The molecular formula is C17H17BrN2O. The minimum absolute atomic E-state index is 0.0526. The molecule has 108 valence electrons. The minimum atomic E-state index is -0.0526. The zero-order valence-corrected chi connectivity index (χ0v) is 13.6. The van der Waals surface area contributed by atoms with Gasteiger partial charge in [0.2, 0.25) is 5.91 Å². The van der Waals surface area contributed by atoms with Crippen LogP contribution in [0.2, 0.25) is 0 Å². The lowest BCUT2D eigenvalue weighted by Gasteiger charge is -2.29. The summed E-state index contributed by atoms with van der Waals surface area (Å²) in [4.78, 5) is 11.6. The van der Waals surface area contributed by atoms with Crippen molar-refractivity contribution >= 4 is 27.5 Å². The van der Waals surface area contributed by atoms with Crippen LogP contribution in [0.15, 0.2) is 46.9 Å². The van der Waals surface area contributed by atoms with Gasteiger partial charge in [-0.15, -0.1) is 0 Å². The fourth-order valence-corrected chi connectivity index (χ4v) is 3.53. The SMILES string of the molecule is CC(=O)NN1c2c(C)cccc2CC1c1ccccc1Br. The standard InChI is InChI=1S/C17H17BrN2O/c1-11-6-5-7-13-10-16(14-8-3-4-9-15(14)18)20(17(11)13)19-12(2)21/h3-9,16H,10H2,1-2H3,(H,19,21). The first-order chi connectivity index (χ1) is 10.1. The van der Waals surface area contributed by atoms with Crippen molar-refractivity contribution in [2.75, 3.05) is 5.01 Å². The number of fused-ring (bicyclic) bond motifs is 1. The second-order valence-corrected chi connectivity index (χ2v) is 6.22. The van der Waals surface area contributed by atoms with Crippen molar-refractivity contribution in [2.45, 2.75) is 26.3 Å². The first-order valence-electron chi connectivity index (χ1n) is 6.97. The molecule has 2 aromatic carbocycles. The Morgan fingerprint density at radius 3 is 2.71 bits per heavy atom. The lowest BCUT2D eigenvalue weighted by molar-refractivity contribution is -0.119. The monoisotopic (exact) mass is 344 g/mol. The number of hydrogen-bond donors (Lipinski definition) is 1. The van der Waals surface area contributed by atoms with Gasteiger partial charge in [-0.05, 0) is 29.7 Å². The number of carbonyl (C=O) groups is 1. The van der Waals surface area contributed by atoms with Crippen LogP contribution in [-0.2, 0) is 11.2 Å². The number of rotatable bonds is 2. The molecule has 0 radical (unpaired) electrons. The summed E-state index contributed by atoms with van der Waals surface area (Å²) in [5.74, 6) is -0.0526. The predicted octanol–water partition coefficient (Wildman–Crippen LogP) is 3.91. The molecule has 3 rings (SSSR count). The Morgan fingerprint density at radius 2 is 2.00 bits per heavy atom. The van der Waals surface area contributed by atoms with E-state index < -0.39 is 0 Å². The molecule has 1 amide bonds. The predicted molar refractivity (Wildman–Crippen MR) is 88.1 cm³/mol. The maximum Gasteiger partial charge on any atom is 0.235 e. The summed E-state index contributed by atoms with van der Waals surface area (Å²) in [5.41, 5.74) is 7.73. The van der Waals surface area contributed by atoms with Gasteiger partial charge >= 0.3 is 0 Å². The summed E-state index contributed by atoms with van der Waals surface area (Å²) in [6.07, 6.45) is 0.889. The van der Waals surface area contributed by atoms with Crippen LogP contribution in [0.25, 0.3) is 0 Å². The van der Waals surface area contributed by atoms with Crippen molar-refractivity contribution in [3.8, 4) is 0 Å². The van der Waals surface area contributed by atoms with Crippen LogP contribution in [0, 0.1) is 6.92 Å². The van der Waals surface area contributed by atoms with Gasteiger partial charge in [0.05, 0.1) is 11.7 Å². The van der Waals surface area contributed by atoms with Crippen LogP contribution in [0.5, 0.6) is 0 Å². The molecule has 1 aliphatic heterocycles. The highest BCUT2D eigenvalue weighted by Gasteiger charge is 2.33. The van der Waals surface area contributed by atoms with Gasteiger partial charge < -0.3 is 0 Å². The van der Waals surface area contributed by atoms with E-state index in [1.165, 1.54) is 16.7 Å². The number of amides is 1. The molecule has 1 aliphatic rings. The van der Waals surface area contributed by atoms with E-state index in [9.17, 15) is 4.79 Å². The Hall–Kier alpha value is -1.81. The molecule has 0 bridgehead atoms. The number of hydrogen-bond acceptors (Lipinski definition) is 2. The second-order valence-electron chi connectivity index (χ2n) is 5.36. The first kappa shape index (κ1) is 14.1. The molecule has 0 fully saturated rings. The molecule has 0 aromatic heterocycles. The smallest absolute Gasteiger partial charge is 0.235 e. The highest BCUT2D eigenvalue weighted by Crippen LogP contribution is 2.42. The third kappa shape index (κ3) is 2.56. The fourth-order valence-electron chi connectivity index (χ4n) is 2.98. The van der Waals surface area contributed by atoms with Gasteiger partial charge in [-0.2, -0.15) is 0 Å². The summed E-state index contributed by atoms with van der Waals surface area (Å²) < 4.78 is 1.07. The molecule has 1 unspecified atom stereocenters.